The van der Waals surface area contributed by atoms with Crippen LogP contribution in [0.2, 0.25) is 0 Å². The Morgan fingerprint density at radius 2 is 2.26 bits per heavy atom. The number of carbonyl (C=O) groups excluding carboxylic acids is 1. The summed E-state index contributed by atoms with van der Waals surface area (Å²) in [7, 11) is 1.85. The number of aromatic nitrogens is 3. The van der Waals surface area contributed by atoms with Gasteiger partial charge >= 0.3 is 6.03 Å². The number of nitrogens with one attached hydrogen (secondary N) is 1. The molecular formula is C20H27N5O2. The number of ether oxygens (including phenoxy) is 1. The molecule has 1 aromatic heterocycles. The lowest BCUT2D eigenvalue weighted by Crippen LogP contribution is -2.44. The van der Waals surface area contributed by atoms with Crippen molar-refractivity contribution in [1.82, 2.24) is 25.0 Å². The number of carbonyl (C=O) groups is 1. The van der Waals surface area contributed by atoms with E-state index in [2.05, 4.69) is 15.4 Å². The molecule has 2 aromatic rings. The number of nitrogens with zero attached hydrogens (tertiary/aromatic N) is 4. The van der Waals surface area contributed by atoms with Crippen LogP contribution in [0.15, 0.2) is 42.7 Å². The van der Waals surface area contributed by atoms with Gasteiger partial charge in [0.05, 0.1) is 6.10 Å². The highest BCUT2D eigenvalue weighted by atomic mass is 16.5. The smallest absolute Gasteiger partial charge is 0.317 e. The van der Waals surface area contributed by atoms with E-state index in [1.165, 1.54) is 6.33 Å². The molecule has 0 spiro atoms. The zero-order valence-electron chi connectivity index (χ0n) is 15.8. The van der Waals surface area contributed by atoms with Crippen molar-refractivity contribution in [3.8, 4) is 0 Å². The van der Waals surface area contributed by atoms with Gasteiger partial charge in [0.2, 0.25) is 0 Å². The molecule has 2 heterocycles. The summed E-state index contributed by atoms with van der Waals surface area (Å²) in [6.07, 6.45) is 8.42. The van der Waals surface area contributed by atoms with E-state index in [4.69, 9.17) is 4.74 Å². The average molecular weight is 369 g/mol. The van der Waals surface area contributed by atoms with Crippen LogP contribution in [-0.4, -0.2) is 58.0 Å². The molecule has 1 aliphatic rings. The van der Waals surface area contributed by atoms with Gasteiger partial charge in [0, 0.05) is 39.7 Å². The highest BCUT2D eigenvalue weighted by Crippen LogP contribution is 2.13. The van der Waals surface area contributed by atoms with Crippen molar-refractivity contribution in [3.05, 3.63) is 54.1 Å². The standard InChI is InChI=1S/C20H27N5O2/c1-24-19(22-16-23-24)11-12-21-20(26)25(15-18-10-6-14-27-18)13-5-9-17-7-3-2-4-8-17/h2-5,7-9,16,18H,6,10-15H2,1H3,(H,21,26)/b9-5+/t18-/m0/s1. The van der Waals surface area contributed by atoms with Crippen LogP contribution in [0.5, 0.6) is 0 Å². The molecule has 1 atom stereocenters. The van der Waals surface area contributed by atoms with Crippen LogP contribution in [-0.2, 0) is 18.2 Å². The Morgan fingerprint density at radius 3 is 2.96 bits per heavy atom. The van der Waals surface area contributed by atoms with Gasteiger partial charge < -0.3 is 15.0 Å². The van der Waals surface area contributed by atoms with Gasteiger partial charge in [-0.3, -0.25) is 4.68 Å². The summed E-state index contributed by atoms with van der Waals surface area (Å²) in [6.45, 7) is 2.46. The number of amides is 2. The Bertz CT molecular complexity index is 738. The van der Waals surface area contributed by atoms with E-state index in [0.29, 0.717) is 26.1 Å². The molecule has 1 fully saturated rings. The second-order valence-electron chi connectivity index (χ2n) is 6.63. The van der Waals surface area contributed by atoms with Crippen LogP contribution in [0.25, 0.3) is 6.08 Å². The summed E-state index contributed by atoms with van der Waals surface area (Å²) in [5.41, 5.74) is 1.12. The van der Waals surface area contributed by atoms with Crippen molar-refractivity contribution in [2.45, 2.75) is 25.4 Å². The molecule has 27 heavy (non-hydrogen) atoms. The van der Waals surface area contributed by atoms with Gasteiger partial charge in [-0.25, -0.2) is 9.78 Å². The summed E-state index contributed by atoms with van der Waals surface area (Å²) in [5, 5.41) is 7.03. The Morgan fingerprint density at radius 1 is 1.41 bits per heavy atom. The molecule has 7 heteroatoms. The van der Waals surface area contributed by atoms with Gasteiger partial charge in [-0.05, 0) is 18.4 Å². The molecule has 144 valence electrons. The molecule has 1 saturated heterocycles. The van der Waals surface area contributed by atoms with Gasteiger partial charge in [-0.2, -0.15) is 5.10 Å². The normalized spacial score (nSPS) is 16.7. The first-order valence-electron chi connectivity index (χ1n) is 9.41. The maximum atomic E-state index is 12.7. The van der Waals surface area contributed by atoms with Crippen molar-refractivity contribution < 1.29 is 9.53 Å². The number of urea groups is 1. The second kappa shape index (κ2) is 9.87. The highest BCUT2D eigenvalue weighted by Gasteiger charge is 2.21. The first-order valence-corrected chi connectivity index (χ1v) is 9.41. The quantitative estimate of drug-likeness (QED) is 0.775. The topological polar surface area (TPSA) is 72.3 Å². The molecule has 3 rings (SSSR count). The minimum atomic E-state index is -0.0784. The fourth-order valence-corrected chi connectivity index (χ4v) is 3.09. The molecular weight excluding hydrogens is 342 g/mol. The van der Waals surface area contributed by atoms with E-state index >= 15 is 0 Å². The van der Waals surface area contributed by atoms with Crippen molar-refractivity contribution in [2.24, 2.45) is 7.05 Å². The predicted octanol–water partition coefficient (Wildman–Crippen LogP) is 2.26. The summed E-state index contributed by atoms with van der Waals surface area (Å²) >= 11 is 0. The van der Waals surface area contributed by atoms with E-state index < -0.39 is 0 Å². The van der Waals surface area contributed by atoms with Crippen molar-refractivity contribution >= 4 is 12.1 Å². The summed E-state index contributed by atoms with van der Waals surface area (Å²) < 4.78 is 7.43. The van der Waals surface area contributed by atoms with E-state index in [0.717, 1.165) is 30.8 Å². The van der Waals surface area contributed by atoms with Crippen LogP contribution in [0.1, 0.15) is 24.2 Å². The number of hydrogen-bond donors (Lipinski definition) is 1. The fourth-order valence-electron chi connectivity index (χ4n) is 3.09. The molecule has 7 nitrogen and oxygen atoms in total. The number of hydrogen-bond acceptors (Lipinski definition) is 4. The maximum absolute atomic E-state index is 12.7. The Kier molecular flexibility index (Phi) is 6.98. The van der Waals surface area contributed by atoms with Crippen molar-refractivity contribution in [3.63, 3.8) is 0 Å². The molecule has 1 N–H and O–H groups in total. The molecule has 0 unspecified atom stereocenters. The lowest BCUT2D eigenvalue weighted by molar-refractivity contribution is 0.0842. The molecule has 0 saturated carbocycles. The Balaban J connectivity index is 1.53. The van der Waals surface area contributed by atoms with E-state index in [1.807, 2.05) is 54.4 Å². The van der Waals surface area contributed by atoms with E-state index in [9.17, 15) is 4.79 Å². The van der Waals surface area contributed by atoms with Crippen LogP contribution in [0.3, 0.4) is 0 Å². The third-order valence-corrected chi connectivity index (χ3v) is 4.60. The third kappa shape index (κ3) is 5.92. The summed E-state index contributed by atoms with van der Waals surface area (Å²) in [6, 6.07) is 10.0. The second-order valence-corrected chi connectivity index (χ2v) is 6.63. The highest BCUT2D eigenvalue weighted by molar-refractivity contribution is 5.74. The molecule has 1 aromatic carbocycles. The third-order valence-electron chi connectivity index (χ3n) is 4.60. The van der Waals surface area contributed by atoms with Gasteiger partial charge in [0.15, 0.2) is 0 Å². The summed E-state index contributed by atoms with van der Waals surface area (Å²) in [5.74, 6) is 0.852. The van der Waals surface area contributed by atoms with Crippen LogP contribution < -0.4 is 5.32 Å². The van der Waals surface area contributed by atoms with Gasteiger partial charge in [0.1, 0.15) is 12.2 Å². The zero-order chi connectivity index (χ0) is 18.9. The SMILES string of the molecule is Cn1ncnc1CCNC(=O)N(C/C=C/c1ccccc1)C[C@@H]1CCCO1. The fraction of sp³-hybridized carbons (Fsp3) is 0.450. The lowest BCUT2D eigenvalue weighted by atomic mass is 10.2. The Labute approximate surface area is 160 Å². The minimum Gasteiger partial charge on any atom is -0.376 e. The number of aryl methyl sites for hydroxylation is 1. The van der Waals surface area contributed by atoms with Crippen molar-refractivity contribution in [2.75, 3.05) is 26.2 Å². The molecule has 0 radical (unpaired) electrons. The zero-order valence-corrected chi connectivity index (χ0v) is 15.8. The average Bonchev–Trinajstić information content (AvgIpc) is 3.34. The minimum absolute atomic E-state index is 0.0784. The molecule has 1 aliphatic heterocycles. The Hall–Kier alpha value is -2.67. The van der Waals surface area contributed by atoms with Gasteiger partial charge in [-0.1, -0.05) is 42.5 Å². The van der Waals surface area contributed by atoms with Gasteiger partial charge in [0.25, 0.3) is 0 Å². The molecule has 0 bridgehead atoms. The maximum Gasteiger partial charge on any atom is 0.317 e. The van der Waals surface area contributed by atoms with Gasteiger partial charge in [-0.15, -0.1) is 0 Å². The lowest BCUT2D eigenvalue weighted by Gasteiger charge is -2.24. The van der Waals surface area contributed by atoms with Crippen molar-refractivity contribution in [1.29, 1.82) is 0 Å². The number of rotatable bonds is 8. The van der Waals surface area contributed by atoms with Crippen LogP contribution >= 0.6 is 0 Å². The summed E-state index contributed by atoms with van der Waals surface area (Å²) in [4.78, 5) is 18.7. The first kappa shape index (κ1) is 19.1. The van der Waals surface area contributed by atoms with E-state index in [1.54, 1.807) is 4.68 Å². The number of benzene rings is 1. The van der Waals surface area contributed by atoms with Crippen LogP contribution in [0.4, 0.5) is 4.79 Å². The monoisotopic (exact) mass is 369 g/mol. The first-order chi connectivity index (χ1) is 13.2. The molecule has 0 aliphatic carbocycles. The predicted molar refractivity (Wildman–Crippen MR) is 104 cm³/mol. The largest absolute Gasteiger partial charge is 0.376 e. The molecule has 2 amide bonds. The van der Waals surface area contributed by atoms with Crippen LogP contribution in [0, 0.1) is 0 Å². The van der Waals surface area contributed by atoms with E-state index in [-0.39, 0.29) is 12.1 Å².